The van der Waals surface area contributed by atoms with Crippen LogP contribution in [0.2, 0.25) is 0 Å². The Hall–Kier alpha value is -1.40. The zero-order valence-corrected chi connectivity index (χ0v) is 13.9. The molecular weight excluding hydrogens is 337 g/mol. The van der Waals surface area contributed by atoms with Gasteiger partial charge in [-0.2, -0.15) is 5.10 Å². The largest absolute Gasteiger partial charge is 0.439 e. The molecule has 2 rings (SSSR count). The zero-order chi connectivity index (χ0) is 15.6. The van der Waals surface area contributed by atoms with Gasteiger partial charge >= 0.3 is 0 Å². The fourth-order valence-corrected chi connectivity index (χ4v) is 2.59. The van der Waals surface area contributed by atoms with Crippen molar-refractivity contribution < 1.29 is 9.13 Å². The lowest BCUT2D eigenvalue weighted by molar-refractivity contribution is 0.420. The standard InChI is InChI=1S/C15H19BrFN3O/c1-4-12(18)8-14-9(2)19-20(3)15(14)21-13-6-10(16)5-11(17)7-13/h5-7,12H,4,8,18H2,1-3H3. The van der Waals surface area contributed by atoms with E-state index in [1.165, 1.54) is 12.1 Å². The molecule has 4 nitrogen and oxygen atoms in total. The number of nitrogens with zero attached hydrogens (tertiary/aromatic N) is 2. The first-order chi connectivity index (χ1) is 9.90. The molecule has 1 unspecified atom stereocenters. The molecule has 1 heterocycles. The van der Waals surface area contributed by atoms with E-state index in [2.05, 4.69) is 21.0 Å². The molecule has 2 aromatic rings. The Bertz CT molecular complexity index is 622. The molecule has 1 aromatic carbocycles. The molecule has 0 amide bonds. The van der Waals surface area contributed by atoms with Crippen LogP contribution in [0.15, 0.2) is 22.7 Å². The molecule has 1 aromatic heterocycles. The molecule has 2 N–H and O–H groups in total. The first-order valence-electron chi connectivity index (χ1n) is 6.82. The van der Waals surface area contributed by atoms with Gasteiger partial charge in [-0.25, -0.2) is 9.07 Å². The van der Waals surface area contributed by atoms with E-state index in [0.29, 0.717) is 22.5 Å². The molecule has 0 saturated carbocycles. The van der Waals surface area contributed by atoms with Gasteiger partial charge in [0.1, 0.15) is 11.6 Å². The highest BCUT2D eigenvalue weighted by atomic mass is 79.9. The molecule has 0 aliphatic carbocycles. The van der Waals surface area contributed by atoms with E-state index in [1.807, 2.05) is 13.8 Å². The minimum Gasteiger partial charge on any atom is -0.439 e. The van der Waals surface area contributed by atoms with Crippen molar-refractivity contribution in [2.24, 2.45) is 12.8 Å². The predicted octanol–water partition coefficient (Wildman–Crippen LogP) is 3.70. The minimum absolute atomic E-state index is 0.0505. The van der Waals surface area contributed by atoms with Gasteiger partial charge in [0.05, 0.1) is 5.69 Å². The molecule has 0 saturated heterocycles. The third kappa shape index (κ3) is 3.83. The molecule has 0 bridgehead atoms. The summed E-state index contributed by atoms with van der Waals surface area (Å²) in [6.45, 7) is 3.96. The summed E-state index contributed by atoms with van der Waals surface area (Å²) >= 11 is 3.26. The second-order valence-electron chi connectivity index (χ2n) is 5.07. The van der Waals surface area contributed by atoms with E-state index in [1.54, 1.807) is 17.8 Å². The molecular formula is C15H19BrFN3O. The van der Waals surface area contributed by atoms with Crippen LogP contribution < -0.4 is 10.5 Å². The number of halogens is 2. The Balaban J connectivity index is 2.34. The van der Waals surface area contributed by atoms with E-state index in [-0.39, 0.29) is 11.9 Å². The van der Waals surface area contributed by atoms with Crippen molar-refractivity contribution >= 4 is 15.9 Å². The third-order valence-electron chi connectivity index (χ3n) is 3.33. The predicted molar refractivity (Wildman–Crippen MR) is 84.1 cm³/mol. The number of rotatable bonds is 5. The number of ether oxygens (including phenoxy) is 1. The van der Waals surface area contributed by atoms with Gasteiger partial charge in [0, 0.05) is 29.2 Å². The van der Waals surface area contributed by atoms with Gasteiger partial charge in [0.2, 0.25) is 5.88 Å². The topological polar surface area (TPSA) is 53.1 Å². The second-order valence-corrected chi connectivity index (χ2v) is 5.99. The molecule has 114 valence electrons. The summed E-state index contributed by atoms with van der Waals surface area (Å²) < 4.78 is 21.6. The van der Waals surface area contributed by atoms with Gasteiger partial charge in [-0.05, 0) is 31.9 Å². The SMILES string of the molecule is CCC(N)Cc1c(C)nn(C)c1Oc1cc(F)cc(Br)c1. The van der Waals surface area contributed by atoms with Gasteiger partial charge in [0.25, 0.3) is 0 Å². The lowest BCUT2D eigenvalue weighted by Crippen LogP contribution is -2.21. The number of nitrogens with two attached hydrogens (primary N) is 1. The smallest absolute Gasteiger partial charge is 0.221 e. The van der Waals surface area contributed by atoms with Gasteiger partial charge in [0.15, 0.2) is 0 Å². The van der Waals surface area contributed by atoms with E-state index in [9.17, 15) is 4.39 Å². The van der Waals surface area contributed by atoms with Crippen molar-refractivity contribution in [2.75, 3.05) is 0 Å². The Morgan fingerprint density at radius 1 is 1.43 bits per heavy atom. The van der Waals surface area contributed by atoms with Crippen LogP contribution in [-0.4, -0.2) is 15.8 Å². The zero-order valence-electron chi connectivity index (χ0n) is 12.4. The summed E-state index contributed by atoms with van der Waals surface area (Å²) in [6, 6.07) is 4.50. The van der Waals surface area contributed by atoms with Crippen LogP contribution in [0.25, 0.3) is 0 Å². The van der Waals surface area contributed by atoms with Crippen molar-refractivity contribution in [2.45, 2.75) is 32.7 Å². The minimum atomic E-state index is -0.356. The maximum absolute atomic E-state index is 13.4. The van der Waals surface area contributed by atoms with E-state index in [4.69, 9.17) is 10.5 Å². The summed E-state index contributed by atoms with van der Waals surface area (Å²) in [7, 11) is 1.80. The first kappa shape index (κ1) is 16.0. The van der Waals surface area contributed by atoms with Gasteiger partial charge in [-0.15, -0.1) is 0 Å². The Morgan fingerprint density at radius 2 is 2.14 bits per heavy atom. The normalized spacial score (nSPS) is 12.5. The number of hydrogen-bond acceptors (Lipinski definition) is 3. The van der Waals surface area contributed by atoms with Crippen molar-refractivity contribution in [3.63, 3.8) is 0 Å². The van der Waals surface area contributed by atoms with E-state index < -0.39 is 0 Å². The number of aromatic nitrogens is 2. The van der Waals surface area contributed by atoms with Crippen LogP contribution in [-0.2, 0) is 13.5 Å². The third-order valence-corrected chi connectivity index (χ3v) is 3.79. The number of hydrogen-bond donors (Lipinski definition) is 1. The van der Waals surface area contributed by atoms with Crippen LogP contribution in [0, 0.1) is 12.7 Å². The van der Waals surface area contributed by atoms with Crippen molar-refractivity contribution in [3.05, 3.63) is 39.7 Å². The maximum atomic E-state index is 13.4. The highest BCUT2D eigenvalue weighted by molar-refractivity contribution is 9.10. The molecule has 0 fully saturated rings. The number of benzene rings is 1. The molecule has 0 spiro atoms. The summed E-state index contributed by atoms with van der Waals surface area (Å²) in [4.78, 5) is 0. The Morgan fingerprint density at radius 3 is 2.76 bits per heavy atom. The Labute approximate surface area is 132 Å². The summed E-state index contributed by atoms with van der Waals surface area (Å²) in [6.07, 6.45) is 1.56. The van der Waals surface area contributed by atoms with Crippen molar-refractivity contribution in [1.29, 1.82) is 0 Å². The fourth-order valence-electron chi connectivity index (χ4n) is 2.15. The van der Waals surface area contributed by atoms with Crippen molar-refractivity contribution in [3.8, 4) is 11.6 Å². The lowest BCUT2D eigenvalue weighted by atomic mass is 10.1. The van der Waals surface area contributed by atoms with Gasteiger partial charge in [-0.1, -0.05) is 22.9 Å². The van der Waals surface area contributed by atoms with Crippen LogP contribution in [0.4, 0.5) is 4.39 Å². The quantitative estimate of drug-likeness (QED) is 0.889. The molecule has 1 atom stereocenters. The molecule has 0 aliphatic rings. The second kappa shape index (κ2) is 6.58. The average molecular weight is 356 g/mol. The lowest BCUT2D eigenvalue weighted by Gasteiger charge is -2.12. The highest BCUT2D eigenvalue weighted by Gasteiger charge is 2.18. The monoisotopic (exact) mass is 355 g/mol. The molecule has 0 aliphatic heterocycles. The van der Waals surface area contributed by atoms with E-state index in [0.717, 1.165) is 17.7 Å². The summed E-state index contributed by atoms with van der Waals surface area (Å²) in [5, 5.41) is 4.37. The van der Waals surface area contributed by atoms with Crippen LogP contribution >= 0.6 is 15.9 Å². The molecule has 6 heteroatoms. The van der Waals surface area contributed by atoms with Crippen LogP contribution in [0.5, 0.6) is 11.6 Å². The van der Waals surface area contributed by atoms with Crippen LogP contribution in [0.3, 0.4) is 0 Å². The van der Waals surface area contributed by atoms with Crippen LogP contribution in [0.1, 0.15) is 24.6 Å². The van der Waals surface area contributed by atoms with E-state index >= 15 is 0 Å². The van der Waals surface area contributed by atoms with Gasteiger partial charge in [-0.3, -0.25) is 0 Å². The average Bonchev–Trinajstić information content (AvgIpc) is 2.64. The Kier molecular flexibility index (Phi) is 5.00. The maximum Gasteiger partial charge on any atom is 0.221 e. The molecule has 0 radical (unpaired) electrons. The molecule has 21 heavy (non-hydrogen) atoms. The van der Waals surface area contributed by atoms with Gasteiger partial charge < -0.3 is 10.5 Å². The highest BCUT2D eigenvalue weighted by Crippen LogP contribution is 2.30. The first-order valence-corrected chi connectivity index (χ1v) is 7.62. The van der Waals surface area contributed by atoms with Crippen molar-refractivity contribution in [1.82, 2.24) is 9.78 Å². The summed E-state index contributed by atoms with van der Waals surface area (Å²) in [5.74, 6) is 0.676. The number of aryl methyl sites for hydroxylation is 2. The fraction of sp³-hybridized carbons (Fsp3) is 0.400. The summed E-state index contributed by atoms with van der Waals surface area (Å²) in [5.41, 5.74) is 7.88.